The SMILES string of the molecule is CCC(C(=O)O)n1nc(C(C)(C)C)cc1C(F)(F)C(F)(F)F. The maximum Gasteiger partial charge on any atom is 0.459 e. The van der Waals surface area contributed by atoms with Crippen LogP contribution in [0, 0.1) is 0 Å². The van der Waals surface area contributed by atoms with E-state index in [0.717, 1.165) is 0 Å². The Balaban J connectivity index is 3.62. The molecule has 0 aliphatic rings. The molecule has 1 N–H and O–H groups in total. The van der Waals surface area contributed by atoms with Crippen LogP contribution in [0.2, 0.25) is 0 Å². The van der Waals surface area contributed by atoms with Crippen molar-refractivity contribution in [3.8, 4) is 0 Å². The Kier molecular flexibility index (Phi) is 4.60. The minimum Gasteiger partial charge on any atom is -0.480 e. The van der Waals surface area contributed by atoms with Crippen molar-refractivity contribution in [3.05, 3.63) is 17.5 Å². The summed E-state index contributed by atoms with van der Waals surface area (Å²) in [7, 11) is 0. The monoisotopic (exact) mass is 328 g/mol. The van der Waals surface area contributed by atoms with Gasteiger partial charge in [0.25, 0.3) is 0 Å². The molecule has 126 valence electrons. The summed E-state index contributed by atoms with van der Waals surface area (Å²) in [6, 6.07) is -0.974. The van der Waals surface area contributed by atoms with Crippen LogP contribution in [0.15, 0.2) is 6.07 Å². The Morgan fingerprint density at radius 3 is 2.09 bits per heavy atom. The Hall–Kier alpha value is -1.67. The molecule has 1 aromatic heterocycles. The molecule has 0 saturated heterocycles. The van der Waals surface area contributed by atoms with Crippen LogP contribution in [-0.4, -0.2) is 27.0 Å². The summed E-state index contributed by atoms with van der Waals surface area (Å²) in [5.74, 6) is -6.71. The quantitative estimate of drug-likeness (QED) is 0.854. The molecule has 0 aliphatic heterocycles. The average molecular weight is 328 g/mol. The Morgan fingerprint density at radius 2 is 1.77 bits per heavy atom. The number of aromatic nitrogens is 2. The van der Waals surface area contributed by atoms with Gasteiger partial charge in [0.1, 0.15) is 11.7 Å². The van der Waals surface area contributed by atoms with Crippen LogP contribution in [0.25, 0.3) is 0 Å². The fourth-order valence-corrected chi connectivity index (χ4v) is 1.83. The van der Waals surface area contributed by atoms with Gasteiger partial charge in [-0.25, -0.2) is 9.48 Å². The van der Waals surface area contributed by atoms with Crippen molar-refractivity contribution >= 4 is 5.97 Å². The molecule has 1 heterocycles. The Morgan fingerprint density at radius 1 is 1.27 bits per heavy atom. The van der Waals surface area contributed by atoms with Crippen molar-refractivity contribution < 1.29 is 31.9 Å². The van der Waals surface area contributed by atoms with Crippen LogP contribution in [0.5, 0.6) is 0 Å². The summed E-state index contributed by atoms with van der Waals surface area (Å²) in [4.78, 5) is 11.1. The number of hydrogen-bond donors (Lipinski definition) is 1. The standard InChI is InChI=1S/C13H17F5N2O2/c1-5-7(10(21)22)20-9(12(14,15)13(16,17)18)6-8(19-20)11(2,3)4/h6-7H,5H2,1-4H3,(H,21,22). The number of hydrogen-bond acceptors (Lipinski definition) is 2. The molecule has 0 aromatic carbocycles. The smallest absolute Gasteiger partial charge is 0.459 e. The topological polar surface area (TPSA) is 55.1 Å². The van der Waals surface area contributed by atoms with Gasteiger partial charge < -0.3 is 5.11 Å². The summed E-state index contributed by atoms with van der Waals surface area (Å²) in [5.41, 5.74) is -2.30. The molecule has 0 radical (unpaired) electrons. The summed E-state index contributed by atoms with van der Waals surface area (Å²) in [6.07, 6.45) is -6.02. The molecule has 9 heteroatoms. The zero-order chi connectivity index (χ0) is 17.5. The summed E-state index contributed by atoms with van der Waals surface area (Å²) in [5, 5.41) is 12.8. The number of nitrogens with zero attached hydrogens (tertiary/aromatic N) is 2. The van der Waals surface area contributed by atoms with Crippen molar-refractivity contribution in [1.82, 2.24) is 9.78 Å². The second-order valence-electron chi connectivity index (χ2n) is 5.94. The molecular weight excluding hydrogens is 311 g/mol. The molecular formula is C13H17F5N2O2. The van der Waals surface area contributed by atoms with E-state index in [-0.39, 0.29) is 16.8 Å². The molecule has 0 amide bonds. The van der Waals surface area contributed by atoms with Crippen LogP contribution in [0.1, 0.15) is 51.5 Å². The second kappa shape index (κ2) is 5.51. The first-order chi connectivity index (χ1) is 9.73. The van der Waals surface area contributed by atoms with Gasteiger partial charge in [0, 0.05) is 5.41 Å². The lowest BCUT2D eigenvalue weighted by atomic mass is 9.92. The molecule has 0 spiro atoms. The zero-order valence-electron chi connectivity index (χ0n) is 12.5. The molecule has 0 aliphatic carbocycles. The van der Waals surface area contributed by atoms with E-state index in [2.05, 4.69) is 5.10 Å². The van der Waals surface area contributed by atoms with E-state index < -0.39 is 35.2 Å². The molecule has 1 rings (SSSR count). The largest absolute Gasteiger partial charge is 0.480 e. The van der Waals surface area contributed by atoms with Crippen molar-refractivity contribution in [2.45, 2.75) is 57.7 Å². The van der Waals surface area contributed by atoms with E-state index in [1.54, 1.807) is 20.8 Å². The highest BCUT2D eigenvalue weighted by atomic mass is 19.4. The Bertz CT molecular complexity index is 558. The lowest BCUT2D eigenvalue weighted by Crippen LogP contribution is -2.37. The number of alkyl halides is 5. The molecule has 0 fully saturated rings. The fourth-order valence-electron chi connectivity index (χ4n) is 1.83. The van der Waals surface area contributed by atoms with Crippen LogP contribution < -0.4 is 0 Å². The fraction of sp³-hybridized carbons (Fsp3) is 0.692. The second-order valence-corrected chi connectivity index (χ2v) is 5.94. The minimum absolute atomic E-state index is 0.0360. The highest BCUT2D eigenvalue weighted by molar-refractivity contribution is 5.71. The minimum atomic E-state index is -5.84. The van der Waals surface area contributed by atoms with Crippen molar-refractivity contribution in [2.75, 3.05) is 0 Å². The number of halogens is 5. The highest BCUT2D eigenvalue weighted by Crippen LogP contribution is 2.45. The average Bonchev–Trinajstić information content (AvgIpc) is 2.72. The third kappa shape index (κ3) is 3.22. The molecule has 1 unspecified atom stereocenters. The molecule has 0 bridgehead atoms. The van der Waals surface area contributed by atoms with Gasteiger partial charge in [0.15, 0.2) is 0 Å². The first-order valence-electron chi connectivity index (χ1n) is 6.51. The van der Waals surface area contributed by atoms with E-state index in [4.69, 9.17) is 5.11 Å². The third-order valence-corrected chi connectivity index (χ3v) is 3.15. The number of carbonyl (C=O) groups is 1. The van der Waals surface area contributed by atoms with Crippen LogP contribution in [0.3, 0.4) is 0 Å². The van der Waals surface area contributed by atoms with Gasteiger partial charge in [0.2, 0.25) is 0 Å². The first-order valence-corrected chi connectivity index (χ1v) is 6.51. The maximum atomic E-state index is 13.7. The predicted molar refractivity (Wildman–Crippen MR) is 67.8 cm³/mol. The summed E-state index contributed by atoms with van der Waals surface area (Å²) < 4.78 is 65.6. The number of aliphatic carboxylic acids is 1. The van der Waals surface area contributed by atoms with Gasteiger partial charge in [-0.2, -0.15) is 27.1 Å². The summed E-state index contributed by atoms with van der Waals surface area (Å²) in [6.45, 7) is 6.11. The van der Waals surface area contributed by atoms with E-state index in [1.807, 2.05) is 0 Å². The molecule has 1 atom stereocenters. The molecule has 0 saturated carbocycles. The van der Waals surface area contributed by atoms with E-state index >= 15 is 0 Å². The molecule has 4 nitrogen and oxygen atoms in total. The molecule has 22 heavy (non-hydrogen) atoms. The van der Waals surface area contributed by atoms with E-state index in [0.29, 0.717) is 6.07 Å². The summed E-state index contributed by atoms with van der Waals surface area (Å²) >= 11 is 0. The van der Waals surface area contributed by atoms with E-state index in [9.17, 15) is 26.7 Å². The lowest BCUT2D eigenvalue weighted by Gasteiger charge is -2.22. The number of carboxylic acid groups (broad SMARTS) is 1. The van der Waals surface area contributed by atoms with Crippen LogP contribution >= 0.6 is 0 Å². The van der Waals surface area contributed by atoms with Crippen molar-refractivity contribution in [1.29, 1.82) is 0 Å². The third-order valence-electron chi connectivity index (χ3n) is 3.15. The number of carboxylic acids is 1. The van der Waals surface area contributed by atoms with Gasteiger partial charge in [0.05, 0.1) is 5.69 Å². The van der Waals surface area contributed by atoms with Crippen molar-refractivity contribution in [2.24, 2.45) is 0 Å². The highest BCUT2D eigenvalue weighted by Gasteiger charge is 2.61. The zero-order valence-corrected chi connectivity index (χ0v) is 12.5. The Labute approximate surface area is 123 Å². The lowest BCUT2D eigenvalue weighted by molar-refractivity contribution is -0.292. The van der Waals surface area contributed by atoms with Gasteiger partial charge in [-0.1, -0.05) is 27.7 Å². The van der Waals surface area contributed by atoms with Gasteiger partial charge in [-0.3, -0.25) is 0 Å². The molecule has 1 aromatic rings. The van der Waals surface area contributed by atoms with E-state index in [1.165, 1.54) is 6.92 Å². The normalized spacial score (nSPS) is 15.0. The van der Waals surface area contributed by atoms with Gasteiger partial charge >= 0.3 is 18.1 Å². The number of rotatable bonds is 4. The van der Waals surface area contributed by atoms with Crippen LogP contribution in [-0.2, 0) is 16.1 Å². The maximum absolute atomic E-state index is 13.7. The van der Waals surface area contributed by atoms with Crippen molar-refractivity contribution in [3.63, 3.8) is 0 Å². The first kappa shape index (κ1) is 18.4. The van der Waals surface area contributed by atoms with Gasteiger partial charge in [-0.05, 0) is 12.5 Å². The van der Waals surface area contributed by atoms with Crippen LogP contribution in [0.4, 0.5) is 22.0 Å². The predicted octanol–water partition coefficient (Wildman–Crippen LogP) is 3.87. The van der Waals surface area contributed by atoms with Gasteiger partial charge in [-0.15, -0.1) is 0 Å².